The van der Waals surface area contributed by atoms with E-state index in [1.165, 1.54) is 11.1 Å². The van der Waals surface area contributed by atoms with Gasteiger partial charge in [0.05, 0.1) is 20.8 Å². The number of fused-ring (bicyclic) bond motifs is 1. The van der Waals surface area contributed by atoms with Gasteiger partial charge in [0.1, 0.15) is 0 Å². The highest BCUT2D eigenvalue weighted by molar-refractivity contribution is 5.86. The average Bonchev–Trinajstić information content (AvgIpc) is 3.16. The van der Waals surface area contributed by atoms with E-state index in [-0.39, 0.29) is 18.4 Å². The van der Waals surface area contributed by atoms with Crippen molar-refractivity contribution in [3.05, 3.63) is 23.3 Å². The van der Waals surface area contributed by atoms with E-state index < -0.39 is 0 Å². The fourth-order valence-corrected chi connectivity index (χ4v) is 4.83. The number of amides is 2. The third-order valence-electron chi connectivity index (χ3n) is 6.51. The molecule has 1 aromatic rings. The Kier molecular flexibility index (Phi) is 5.94. The molecular formula is C22H31N3O4. The molecule has 29 heavy (non-hydrogen) atoms. The van der Waals surface area contributed by atoms with Crippen molar-refractivity contribution in [1.29, 1.82) is 0 Å². The quantitative estimate of drug-likeness (QED) is 0.751. The van der Waals surface area contributed by atoms with Crippen molar-refractivity contribution in [3.63, 3.8) is 0 Å². The zero-order chi connectivity index (χ0) is 20.4. The summed E-state index contributed by atoms with van der Waals surface area (Å²) in [7, 11) is 3.34. The maximum atomic E-state index is 12.8. The van der Waals surface area contributed by atoms with Crippen LogP contribution in [0.3, 0.4) is 0 Å². The van der Waals surface area contributed by atoms with Gasteiger partial charge in [-0.15, -0.1) is 0 Å². The second-order valence-electron chi connectivity index (χ2n) is 8.25. The molecule has 7 heteroatoms. The van der Waals surface area contributed by atoms with E-state index in [0.29, 0.717) is 12.5 Å². The molecule has 0 radical (unpaired) electrons. The summed E-state index contributed by atoms with van der Waals surface area (Å²) >= 11 is 0. The third kappa shape index (κ3) is 4.20. The van der Waals surface area contributed by atoms with Crippen LogP contribution < -0.4 is 9.47 Å². The monoisotopic (exact) mass is 401 g/mol. The van der Waals surface area contributed by atoms with Gasteiger partial charge in [0, 0.05) is 45.2 Å². The molecule has 1 aromatic carbocycles. The van der Waals surface area contributed by atoms with Gasteiger partial charge in [0.25, 0.3) is 0 Å². The number of carbonyl (C=O) groups excluding carboxylic acids is 2. The van der Waals surface area contributed by atoms with E-state index in [1.54, 1.807) is 19.1 Å². The van der Waals surface area contributed by atoms with Crippen LogP contribution in [0.5, 0.6) is 11.5 Å². The van der Waals surface area contributed by atoms with Gasteiger partial charge < -0.3 is 19.3 Å². The predicted molar refractivity (Wildman–Crippen MR) is 109 cm³/mol. The smallest absolute Gasteiger partial charge is 0.242 e. The summed E-state index contributed by atoms with van der Waals surface area (Å²) in [6, 6.07) is 4.54. The van der Waals surface area contributed by atoms with Crippen molar-refractivity contribution >= 4 is 11.8 Å². The van der Waals surface area contributed by atoms with Gasteiger partial charge in [0.2, 0.25) is 11.8 Å². The van der Waals surface area contributed by atoms with Crippen LogP contribution in [-0.2, 0) is 22.6 Å². The minimum Gasteiger partial charge on any atom is -0.493 e. The highest BCUT2D eigenvalue weighted by Gasteiger charge is 2.32. The number of nitrogens with zero attached hydrogens (tertiary/aromatic N) is 3. The first kappa shape index (κ1) is 20.0. The Morgan fingerprint density at radius 1 is 1.03 bits per heavy atom. The Morgan fingerprint density at radius 2 is 1.79 bits per heavy atom. The van der Waals surface area contributed by atoms with Gasteiger partial charge in [-0.2, -0.15) is 0 Å². The first-order valence-electron chi connectivity index (χ1n) is 10.6. The van der Waals surface area contributed by atoms with Gasteiger partial charge in [0.15, 0.2) is 11.5 Å². The van der Waals surface area contributed by atoms with Crippen molar-refractivity contribution in [1.82, 2.24) is 14.7 Å². The van der Waals surface area contributed by atoms with Crippen molar-refractivity contribution < 1.29 is 19.1 Å². The summed E-state index contributed by atoms with van der Waals surface area (Å²) in [5.74, 6) is 1.76. The van der Waals surface area contributed by atoms with Crippen LogP contribution in [0.25, 0.3) is 0 Å². The Balaban J connectivity index is 1.40. The summed E-state index contributed by atoms with van der Waals surface area (Å²) < 4.78 is 10.9. The number of hydrogen-bond acceptors (Lipinski definition) is 5. The average molecular weight is 402 g/mol. The maximum Gasteiger partial charge on any atom is 0.242 e. The Hall–Kier alpha value is -2.28. The summed E-state index contributed by atoms with van der Waals surface area (Å²) in [4.78, 5) is 30.8. The van der Waals surface area contributed by atoms with Crippen LogP contribution in [0.4, 0.5) is 0 Å². The lowest BCUT2D eigenvalue weighted by Crippen LogP contribution is -2.52. The highest BCUT2D eigenvalue weighted by atomic mass is 16.5. The van der Waals surface area contributed by atoms with Crippen LogP contribution >= 0.6 is 0 Å². The minimum absolute atomic E-state index is 0.0914. The molecule has 4 rings (SSSR count). The number of benzene rings is 1. The lowest BCUT2D eigenvalue weighted by molar-refractivity contribution is -0.139. The maximum absolute atomic E-state index is 12.8. The van der Waals surface area contributed by atoms with E-state index in [1.807, 2.05) is 4.90 Å². The molecule has 2 fully saturated rings. The molecule has 0 spiro atoms. The van der Waals surface area contributed by atoms with Crippen LogP contribution in [0.2, 0.25) is 0 Å². The van der Waals surface area contributed by atoms with Crippen molar-refractivity contribution in [2.24, 2.45) is 0 Å². The standard InChI is InChI=1S/C22H31N3O4/c1-28-19-11-16-7-10-23(13-17(16)12-20(19)29-2)18-5-3-8-24(14-18)22(27)15-25-9-4-6-21(25)26/h11-12,18H,3-10,13-15H2,1-2H3. The summed E-state index contributed by atoms with van der Waals surface area (Å²) in [6.45, 7) is 4.37. The number of hydrogen-bond donors (Lipinski definition) is 0. The zero-order valence-corrected chi connectivity index (χ0v) is 17.5. The molecular weight excluding hydrogens is 370 g/mol. The fraction of sp³-hybridized carbons (Fsp3) is 0.636. The number of likely N-dealkylation sites (tertiary alicyclic amines) is 2. The Labute approximate surface area is 172 Å². The zero-order valence-electron chi connectivity index (χ0n) is 17.5. The molecule has 0 bridgehead atoms. The largest absolute Gasteiger partial charge is 0.493 e. The number of ether oxygens (including phenoxy) is 2. The van der Waals surface area contributed by atoms with Gasteiger partial charge in [-0.05, 0) is 48.9 Å². The fourth-order valence-electron chi connectivity index (χ4n) is 4.83. The van der Waals surface area contributed by atoms with E-state index >= 15 is 0 Å². The lowest BCUT2D eigenvalue weighted by atomic mass is 9.95. The van der Waals surface area contributed by atoms with Crippen LogP contribution in [0, 0.1) is 0 Å². The molecule has 0 aliphatic carbocycles. The SMILES string of the molecule is COc1cc2c(cc1OC)CN(C1CCCN(C(=O)CN3CCCC3=O)C1)CC2. The van der Waals surface area contributed by atoms with Crippen LogP contribution in [0.1, 0.15) is 36.8 Å². The summed E-state index contributed by atoms with van der Waals surface area (Å²) in [5.41, 5.74) is 2.59. The molecule has 158 valence electrons. The molecule has 1 atom stereocenters. The second-order valence-corrected chi connectivity index (χ2v) is 8.25. The van der Waals surface area contributed by atoms with E-state index in [2.05, 4.69) is 17.0 Å². The van der Waals surface area contributed by atoms with Crippen LogP contribution in [0.15, 0.2) is 12.1 Å². The normalized spacial score (nSPS) is 22.6. The Morgan fingerprint density at radius 3 is 2.48 bits per heavy atom. The van der Waals surface area contributed by atoms with Gasteiger partial charge in [-0.1, -0.05) is 0 Å². The van der Waals surface area contributed by atoms with E-state index in [4.69, 9.17) is 9.47 Å². The Bertz CT molecular complexity index is 782. The third-order valence-corrected chi connectivity index (χ3v) is 6.51. The number of methoxy groups -OCH3 is 2. The first-order valence-corrected chi connectivity index (χ1v) is 10.6. The van der Waals surface area contributed by atoms with Crippen molar-refractivity contribution in [2.45, 2.75) is 44.7 Å². The molecule has 2 amide bonds. The number of carbonyl (C=O) groups is 2. The summed E-state index contributed by atoms with van der Waals surface area (Å²) in [6.07, 6.45) is 4.55. The molecule has 0 N–H and O–H groups in total. The molecule has 3 aliphatic heterocycles. The lowest BCUT2D eigenvalue weighted by Gasteiger charge is -2.41. The van der Waals surface area contributed by atoms with Crippen molar-refractivity contribution in [3.8, 4) is 11.5 Å². The number of rotatable bonds is 5. The van der Waals surface area contributed by atoms with E-state index in [9.17, 15) is 9.59 Å². The topological polar surface area (TPSA) is 62.3 Å². The van der Waals surface area contributed by atoms with Crippen molar-refractivity contribution in [2.75, 3.05) is 46.9 Å². The molecule has 0 aromatic heterocycles. The van der Waals surface area contributed by atoms with Crippen LogP contribution in [-0.4, -0.2) is 79.5 Å². The molecule has 1 unspecified atom stereocenters. The highest BCUT2D eigenvalue weighted by Crippen LogP contribution is 2.34. The van der Waals surface area contributed by atoms with Gasteiger partial charge >= 0.3 is 0 Å². The molecule has 2 saturated heterocycles. The molecule has 3 aliphatic rings. The molecule has 0 saturated carbocycles. The minimum atomic E-state index is 0.0914. The van der Waals surface area contributed by atoms with E-state index in [0.717, 1.165) is 69.9 Å². The molecule has 3 heterocycles. The first-order chi connectivity index (χ1) is 14.1. The summed E-state index contributed by atoms with van der Waals surface area (Å²) in [5, 5.41) is 0. The number of piperidine rings is 1. The second kappa shape index (κ2) is 8.61. The van der Waals surface area contributed by atoms with Gasteiger partial charge in [-0.25, -0.2) is 0 Å². The predicted octanol–water partition coefficient (Wildman–Crippen LogP) is 1.68. The van der Waals surface area contributed by atoms with Gasteiger partial charge in [-0.3, -0.25) is 14.5 Å². The molecule has 7 nitrogen and oxygen atoms in total.